The summed E-state index contributed by atoms with van der Waals surface area (Å²) < 4.78 is 10.1. The van der Waals surface area contributed by atoms with Crippen molar-refractivity contribution in [1.29, 1.82) is 0 Å². The van der Waals surface area contributed by atoms with Gasteiger partial charge in [-0.15, -0.1) is 0 Å². The van der Waals surface area contributed by atoms with Crippen molar-refractivity contribution in [1.82, 2.24) is 0 Å². The molecule has 0 spiro atoms. The number of amides is 1. The molecule has 0 saturated carbocycles. The number of methoxy groups -OCH3 is 2. The Kier molecular flexibility index (Phi) is 5.12. The summed E-state index contributed by atoms with van der Waals surface area (Å²) in [6, 6.07) is 4.48. The van der Waals surface area contributed by atoms with Crippen molar-refractivity contribution in [2.24, 2.45) is 5.92 Å². The van der Waals surface area contributed by atoms with Crippen molar-refractivity contribution in [3.8, 4) is 11.5 Å². The van der Waals surface area contributed by atoms with Gasteiger partial charge in [-0.2, -0.15) is 0 Å². The lowest BCUT2D eigenvalue weighted by atomic mass is 10.1. The number of carboxylic acid groups (broad SMARTS) is 2. The zero-order valence-corrected chi connectivity index (χ0v) is 11.7. The van der Waals surface area contributed by atoms with Crippen LogP contribution in [-0.4, -0.2) is 49.3 Å². The van der Waals surface area contributed by atoms with E-state index < -0.39 is 23.8 Å². The molecular weight excluding hydrogens is 282 g/mol. The summed E-state index contributed by atoms with van der Waals surface area (Å²) in [6.07, 6.45) is 0. The molecule has 1 aromatic carbocycles. The number of ether oxygens (including phenoxy) is 2. The lowest BCUT2D eigenvalue weighted by Gasteiger charge is -2.20. The molecule has 0 aliphatic carbocycles. The van der Waals surface area contributed by atoms with Crippen LogP contribution in [0.15, 0.2) is 18.2 Å². The summed E-state index contributed by atoms with van der Waals surface area (Å²) in [5.41, 5.74) is 0.253. The van der Waals surface area contributed by atoms with E-state index in [0.29, 0.717) is 11.5 Å². The SMILES string of the molecule is COc1cc(OC)cc(N(C)C(=O)C(C(=O)O)C(=O)O)c1. The minimum absolute atomic E-state index is 0.253. The molecule has 0 unspecified atom stereocenters. The lowest BCUT2D eigenvalue weighted by Crippen LogP contribution is -2.41. The molecule has 114 valence electrons. The number of carbonyl (C=O) groups excluding carboxylic acids is 1. The number of carbonyl (C=O) groups is 3. The average molecular weight is 297 g/mol. The highest BCUT2D eigenvalue weighted by atomic mass is 16.5. The van der Waals surface area contributed by atoms with E-state index in [-0.39, 0.29) is 5.69 Å². The smallest absolute Gasteiger partial charge is 0.327 e. The summed E-state index contributed by atoms with van der Waals surface area (Å²) in [5, 5.41) is 17.7. The minimum atomic E-state index is -2.17. The molecule has 0 heterocycles. The van der Waals surface area contributed by atoms with Gasteiger partial charge in [-0.3, -0.25) is 14.4 Å². The molecule has 1 amide bonds. The number of anilines is 1. The van der Waals surface area contributed by atoms with Crippen LogP contribution in [0.1, 0.15) is 0 Å². The van der Waals surface area contributed by atoms with E-state index >= 15 is 0 Å². The first-order valence-corrected chi connectivity index (χ1v) is 5.78. The first-order valence-electron chi connectivity index (χ1n) is 5.78. The third-order valence-corrected chi connectivity index (χ3v) is 2.79. The maximum Gasteiger partial charge on any atom is 0.327 e. The van der Waals surface area contributed by atoms with Gasteiger partial charge in [0, 0.05) is 25.2 Å². The quantitative estimate of drug-likeness (QED) is 0.733. The van der Waals surface area contributed by atoms with Crippen molar-refractivity contribution >= 4 is 23.5 Å². The molecule has 0 aliphatic heterocycles. The molecule has 0 atom stereocenters. The second kappa shape index (κ2) is 6.60. The molecule has 1 rings (SSSR count). The summed E-state index contributed by atoms with van der Waals surface area (Å²) >= 11 is 0. The van der Waals surface area contributed by atoms with Crippen LogP contribution in [-0.2, 0) is 14.4 Å². The fourth-order valence-corrected chi connectivity index (χ4v) is 1.62. The predicted molar refractivity (Wildman–Crippen MR) is 71.7 cm³/mol. The Bertz CT molecular complexity index is 533. The molecule has 8 heteroatoms. The summed E-state index contributed by atoms with van der Waals surface area (Å²) in [4.78, 5) is 34.7. The van der Waals surface area contributed by atoms with Crippen LogP contribution in [0.5, 0.6) is 11.5 Å². The second-order valence-corrected chi connectivity index (χ2v) is 4.08. The fourth-order valence-electron chi connectivity index (χ4n) is 1.62. The zero-order valence-electron chi connectivity index (χ0n) is 11.7. The monoisotopic (exact) mass is 297 g/mol. The Labute approximate surface area is 120 Å². The van der Waals surface area contributed by atoms with Crippen LogP contribution in [0.2, 0.25) is 0 Å². The summed E-state index contributed by atoms with van der Waals surface area (Å²) in [7, 11) is 4.10. The number of benzene rings is 1. The van der Waals surface area contributed by atoms with Crippen LogP contribution in [0.4, 0.5) is 5.69 Å². The molecule has 0 aromatic heterocycles. The Morgan fingerprint density at radius 2 is 1.43 bits per heavy atom. The molecule has 0 bridgehead atoms. The minimum Gasteiger partial charge on any atom is -0.497 e. The Hall–Kier alpha value is -2.77. The Morgan fingerprint density at radius 1 is 1.00 bits per heavy atom. The van der Waals surface area contributed by atoms with Crippen LogP contribution >= 0.6 is 0 Å². The van der Waals surface area contributed by atoms with Gasteiger partial charge in [0.2, 0.25) is 5.92 Å². The summed E-state index contributed by atoms with van der Waals surface area (Å²) in [5.74, 6) is -5.95. The maximum absolute atomic E-state index is 12.0. The van der Waals surface area contributed by atoms with Gasteiger partial charge in [0.1, 0.15) is 11.5 Å². The van der Waals surface area contributed by atoms with E-state index in [1.807, 2.05) is 0 Å². The molecule has 0 radical (unpaired) electrons. The van der Waals surface area contributed by atoms with Crippen LogP contribution in [0.25, 0.3) is 0 Å². The standard InChI is InChI=1S/C13H15NO7/c1-14(11(15)10(12(16)17)13(18)19)7-4-8(20-2)6-9(5-7)21-3/h4-6,10H,1-3H3,(H,16,17)(H,18,19). The highest BCUT2D eigenvalue weighted by Gasteiger charge is 2.36. The van der Waals surface area contributed by atoms with E-state index in [2.05, 4.69) is 0 Å². The third-order valence-electron chi connectivity index (χ3n) is 2.79. The van der Waals surface area contributed by atoms with Gasteiger partial charge in [-0.05, 0) is 0 Å². The lowest BCUT2D eigenvalue weighted by molar-refractivity contribution is -0.157. The van der Waals surface area contributed by atoms with E-state index in [1.165, 1.54) is 33.4 Å². The van der Waals surface area contributed by atoms with E-state index in [1.54, 1.807) is 6.07 Å². The number of nitrogens with zero attached hydrogens (tertiary/aromatic N) is 1. The molecule has 0 fully saturated rings. The van der Waals surface area contributed by atoms with Crippen molar-refractivity contribution in [2.45, 2.75) is 0 Å². The maximum atomic E-state index is 12.0. The van der Waals surface area contributed by atoms with Gasteiger partial charge in [0.25, 0.3) is 5.91 Å². The van der Waals surface area contributed by atoms with Gasteiger partial charge in [-0.1, -0.05) is 0 Å². The first kappa shape index (κ1) is 16.3. The molecule has 1 aromatic rings. The highest BCUT2D eigenvalue weighted by Crippen LogP contribution is 2.28. The molecule has 8 nitrogen and oxygen atoms in total. The van der Waals surface area contributed by atoms with Crippen molar-refractivity contribution in [3.05, 3.63) is 18.2 Å². The van der Waals surface area contributed by atoms with Gasteiger partial charge < -0.3 is 24.6 Å². The van der Waals surface area contributed by atoms with Crippen LogP contribution in [0, 0.1) is 5.92 Å². The average Bonchev–Trinajstić information content (AvgIpc) is 2.44. The predicted octanol–water partition coefficient (Wildman–Crippen LogP) is 0.452. The summed E-state index contributed by atoms with van der Waals surface area (Å²) in [6.45, 7) is 0. The van der Waals surface area contributed by atoms with Crippen LogP contribution in [0.3, 0.4) is 0 Å². The van der Waals surface area contributed by atoms with Crippen molar-refractivity contribution in [2.75, 3.05) is 26.2 Å². The number of hydrogen-bond donors (Lipinski definition) is 2. The highest BCUT2D eigenvalue weighted by molar-refractivity contribution is 6.17. The molecule has 2 N–H and O–H groups in total. The molecule has 0 saturated heterocycles. The van der Waals surface area contributed by atoms with Gasteiger partial charge in [0.05, 0.1) is 19.9 Å². The van der Waals surface area contributed by atoms with Gasteiger partial charge in [0.15, 0.2) is 0 Å². The first-order chi connectivity index (χ1) is 9.81. The number of carboxylic acids is 2. The third kappa shape index (κ3) is 3.62. The Balaban J connectivity index is 3.17. The number of hydrogen-bond acceptors (Lipinski definition) is 5. The topological polar surface area (TPSA) is 113 Å². The molecule has 21 heavy (non-hydrogen) atoms. The number of aliphatic carboxylic acids is 2. The van der Waals surface area contributed by atoms with Gasteiger partial charge >= 0.3 is 11.9 Å². The fraction of sp³-hybridized carbons (Fsp3) is 0.308. The molecule has 0 aliphatic rings. The van der Waals surface area contributed by atoms with Crippen molar-refractivity contribution in [3.63, 3.8) is 0 Å². The van der Waals surface area contributed by atoms with Gasteiger partial charge in [-0.25, -0.2) is 0 Å². The van der Waals surface area contributed by atoms with E-state index in [0.717, 1.165) is 4.90 Å². The van der Waals surface area contributed by atoms with Crippen LogP contribution < -0.4 is 14.4 Å². The van der Waals surface area contributed by atoms with E-state index in [9.17, 15) is 14.4 Å². The van der Waals surface area contributed by atoms with Crippen molar-refractivity contribution < 1.29 is 34.1 Å². The normalized spacial score (nSPS) is 10.1. The van der Waals surface area contributed by atoms with E-state index in [4.69, 9.17) is 19.7 Å². The zero-order chi connectivity index (χ0) is 16.2. The second-order valence-electron chi connectivity index (χ2n) is 4.08. The Morgan fingerprint density at radius 3 is 1.76 bits per heavy atom. The molecular formula is C13H15NO7. The largest absolute Gasteiger partial charge is 0.497 e. The number of rotatable bonds is 6.